The first-order chi connectivity index (χ1) is 15.1. The molecule has 1 aliphatic rings. The highest BCUT2D eigenvalue weighted by Crippen LogP contribution is 2.32. The summed E-state index contributed by atoms with van der Waals surface area (Å²) in [5, 5.41) is 0. The zero-order valence-corrected chi connectivity index (χ0v) is 18.0. The van der Waals surface area contributed by atoms with Crippen LogP contribution in [0.4, 0.5) is 4.39 Å². The number of hydrogen-bond donors (Lipinski definition) is 0. The van der Waals surface area contributed by atoms with Gasteiger partial charge in [0.05, 0.1) is 6.04 Å². The number of likely N-dealkylation sites (N-methyl/N-ethyl adjacent to an activating group) is 1. The molecular formula is C27H29FN2O. The highest BCUT2D eigenvalue weighted by molar-refractivity contribution is 5.95. The SMILES string of the molecule is CN1CCN(CCCC(=O)c2ccc(F)cc2)Cc2ccccc2C1c1ccccc1. The summed E-state index contributed by atoms with van der Waals surface area (Å²) in [6, 6.07) is 25.5. The normalized spacial score (nSPS) is 17.5. The van der Waals surface area contributed by atoms with Crippen molar-refractivity contribution < 1.29 is 9.18 Å². The first kappa shape index (κ1) is 21.4. The van der Waals surface area contributed by atoms with E-state index < -0.39 is 0 Å². The Kier molecular flexibility index (Phi) is 6.90. The molecule has 0 saturated heterocycles. The molecule has 0 amide bonds. The van der Waals surface area contributed by atoms with Crippen molar-refractivity contribution in [2.75, 3.05) is 26.7 Å². The van der Waals surface area contributed by atoms with Crippen LogP contribution in [0, 0.1) is 5.82 Å². The second kappa shape index (κ2) is 9.99. The fraction of sp³-hybridized carbons (Fsp3) is 0.296. The first-order valence-corrected chi connectivity index (χ1v) is 11.0. The maximum absolute atomic E-state index is 13.1. The van der Waals surface area contributed by atoms with Gasteiger partial charge in [-0.15, -0.1) is 0 Å². The minimum atomic E-state index is -0.311. The smallest absolute Gasteiger partial charge is 0.162 e. The van der Waals surface area contributed by atoms with E-state index in [0.29, 0.717) is 12.0 Å². The van der Waals surface area contributed by atoms with Crippen molar-refractivity contribution >= 4 is 5.78 Å². The van der Waals surface area contributed by atoms with Crippen LogP contribution in [0.2, 0.25) is 0 Å². The van der Waals surface area contributed by atoms with Gasteiger partial charge in [0.2, 0.25) is 0 Å². The molecule has 1 atom stereocenters. The molecule has 0 aromatic heterocycles. The number of carbonyl (C=O) groups excluding carboxylic acids is 1. The van der Waals surface area contributed by atoms with E-state index in [4.69, 9.17) is 0 Å². The van der Waals surface area contributed by atoms with Crippen molar-refractivity contribution in [3.8, 4) is 0 Å². The quantitative estimate of drug-likeness (QED) is 0.508. The van der Waals surface area contributed by atoms with E-state index in [1.807, 2.05) is 0 Å². The van der Waals surface area contributed by atoms with Crippen LogP contribution < -0.4 is 0 Å². The summed E-state index contributed by atoms with van der Waals surface area (Å²) in [5.41, 5.74) is 4.59. The largest absolute Gasteiger partial charge is 0.298 e. The fourth-order valence-corrected chi connectivity index (χ4v) is 4.43. The lowest BCUT2D eigenvalue weighted by Crippen LogP contribution is -2.39. The van der Waals surface area contributed by atoms with E-state index in [1.54, 1.807) is 12.1 Å². The van der Waals surface area contributed by atoms with Crippen LogP contribution in [-0.4, -0.2) is 42.3 Å². The summed E-state index contributed by atoms with van der Waals surface area (Å²) in [5.74, 6) is -0.234. The predicted molar refractivity (Wildman–Crippen MR) is 123 cm³/mol. The number of carbonyl (C=O) groups is 1. The highest BCUT2D eigenvalue weighted by Gasteiger charge is 2.25. The number of ketones is 1. The predicted octanol–water partition coefficient (Wildman–Crippen LogP) is 5.33. The summed E-state index contributed by atoms with van der Waals surface area (Å²) >= 11 is 0. The molecule has 160 valence electrons. The maximum atomic E-state index is 13.1. The molecule has 0 aliphatic carbocycles. The summed E-state index contributed by atoms with van der Waals surface area (Å²) in [6.45, 7) is 3.67. The van der Waals surface area contributed by atoms with Crippen molar-refractivity contribution in [2.45, 2.75) is 25.4 Å². The molecule has 0 radical (unpaired) electrons. The van der Waals surface area contributed by atoms with Crippen LogP contribution >= 0.6 is 0 Å². The Bertz CT molecular complexity index is 1000. The zero-order valence-electron chi connectivity index (χ0n) is 18.0. The van der Waals surface area contributed by atoms with Crippen LogP contribution in [0.5, 0.6) is 0 Å². The third-order valence-electron chi connectivity index (χ3n) is 6.11. The van der Waals surface area contributed by atoms with Crippen LogP contribution in [-0.2, 0) is 6.54 Å². The number of hydrogen-bond acceptors (Lipinski definition) is 3. The molecule has 3 aromatic rings. The van der Waals surface area contributed by atoms with E-state index in [0.717, 1.165) is 32.6 Å². The van der Waals surface area contributed by atoms with E-state index >= 15 is 0 Å². The Hall–Kier alpha value is -2.82. The maximum Gasteiger partial charge on any atom is 0.162 e. The van der Waals surface area contributed by atoms with Gasteiger partial charge < -0.3 is 0 Å². The van der Waals surface area contributed by atoms with Gasteiger partial charge in [0, 0.05) is 31.6 Å². The average Bonchev–Trinajstić information content (AvgIpc) is 2.78. The molecule has 3 aromatic carbocycles. The number of nitrogens with zero attached hydrogens (tertiary/aromatic N) is 2. The molecule has 0 N–H and O–H groups in total. The van der Waals surface area contributed by atoms with Gasteiger partial charge in [-0.3, -0.25) is 14.6 Å². The monoisotopic (exact) mass is 416 g/mol. The molecule has 4 rings (SSSR count). The fourth-order valence-electron chi connectivity index (χ4n) is 4.43. The van der Waals surface area contributed by atoms with Gasteiger partial charge >= 0.3 is 0 Å². The van der Waals surface area contributed by atoms with Crippen molar-refractivity contribution in [1.82, 2.24) is 9.80 Å². The van der Waals surface area contributed by atoms with Gasteiger partial charge in [-0.1, -0.05) is 54.6 Å². The number of rotatable bonds is 6. The topological polar surface area (TPSA) is 23.6 Å². The second-order valence-corrected chi connectivity index (χ2v) is 8.30. The van der Waals surface area contributed by atoms with E-state index in [-0.39, 0.29) is 17.6 Å². The van der Waals surface area contributed by atoms with Gasteiger partial charge in [-0.2, -0.15) is 0 Å². The molecule has 0 saturated carbocycles. The van der Waals surface area contributed by atoms with Crippen molar-refractivity contribution in [2.24, 2.45) is 0 Å². The van der Waals surface area contributed by atoms with Gasteiger partial charge in [0.25, 0.3) is 0 Å². The Morgan fingerprint density at radius 3 is 2.42 bits per heavy atom. The molecule has 1 aliphatic heterocycles. The Balaban J connectivity index is 1.44. The summed E-state index contributed by atoms with van der Waals surface area (Å²) in [4.78, 5) is 17.3. The third-order valence-corrected chi connectivity index (χ3v) is 6.11. The Morgan fingerprint density at radius 2 is 1.65 bits per heavy atom. The molecule has 0 bridgehead atoms. The standard InChI is InChI=1S/C27H29FN2O/c1-29-18-19-30(17-7-12-26(31)21-13-15-24(28)16-14-21)20-23-10-5-6-11-25(23)27(29)22-8-3-2-4-9-22/h2-6,8-11,13-16,27H,7,12,17-20H2,1H3. The third kappa shape index (κ3) is 5.27. The lowest BCUT2D eigenvalue weighted by molar-refractivity contribution is 0.0972. The van der Waals surface area contributed by atoms with Gasteiger partial charge in [0.15, 0.2) is 5.78 Å². The molecule has 1 unspecified atom stereocenters. The number of halogens is 1. The minimum absolute atomic E-state index is 0.0775. The Labute approximate surface area is 184 Å². The first-order valence-electron chi connectivity index (χ1n) is 11.0. The number of benzene rings is 3. The van der Waals surface area contributed by atoms with Gasteiger partial charge in [-0.05, 0) is 61.0 Å². The van der Waals surface area contributed by atoms with E-state index in [2.05, 4.69) is 71.4 Å². The van der Waals surface area contributed by atoms with Crippen molar-refractivity contribution in [1.29, 1.82) is 0 Å². The Morgan fingerprint density at radius 1 is 0.935 bits per heavy atom. The van der Waals surface area contributed by atoms with Crippen LogP contribution in [0.25, 0.3) is 0 Å². The van der Waals surface area contributed by atoms with Gasteiger partial charge in [0.1, 0.15) is 5.82 Å². The second-order valence-electron chi connectivity index (χ2n) is 8.30. The highest BCUT2D eigenvalue weighted by atomic mass is 19.1. The minimum Gasteiger partial charge on any atom is -0.298 e. The lowest BCUT2D eigenvalue weighted by atomic mass is 9.92. The van der Waals surface area contributed by atoms with E-state index in [9.17, 15) is 9.18 Å². The van der Waals surface area contributed by atoms with Crippen molar-refractivity contribution in [3.05, 3.63) is 107 Å². The van der Waals surface area contributed by atoms with Crippen LogP contribution in [0.15, 0.2) is 78.9 Å². The molecule has 0 spiro atoms. The molecule has 4 heteroatoms. The number of fused-ring (bicyclic) bond motifs is 1. The summed E-state index contributed by atoms with van der Waals surface area (Å²) in [7, 11) is 2.19. The van der Waals surface area contributed by atoms with E-state index in [1.165, 1.54) is 28.8 Å². The average molecular weight is 417 g/mol. The van der Waals surface area contributed by atoms with Gasteiger partial charge in [-0.25, -0.2) is 4.39 Å². The molecule has 3 nitrogen and oxygen atoms in total. The molecule has 0 fully saturated rings. The molecular weight excluding hydrogens is 387 g/mol. The summed E-state index contributed by atoms with van der Waals surface area (Å²) in [6.07, 6.45) is 1.27. The zero-order chi connectivity index (χ0) is 21.6. The molecule has 31 heavy (non-hydrogen) atoms. The lowest BCUT2D eigenvalue weighted by Gasteiger charge is -2.36. The van der Waals surface area contributed by atoms with Crippen LogP contribution in [0.1, 0.15) is 45.9 Å². The van der Waals surface area contributed by atoms with Crippen LogP contribution in [0.3, 0.4) is 0 Å². The number of Topliss-reactive ketones (excluding diaryl/α,β-unsaturated/α-hetero) is 1. The van der Waals surface area contributed by atoms with Crippen molar-refractivity contribution in [3.63, 3.8) is 0 Å². The molecule has 1 heterocycles. The summed E-state index contributed by atoms with van der Waals surface area (Å²) < 4.78 is 13.1.